The molecule has 2 aromatic carbocycles. The smallest absolute Gasteiger partial charge is 0.297 e. The number of benzene rings is 2. The Kier molecular flexibility index (Phi) is 9.37. The maximum atomic E-state index is 12.4. The lowest BCUT2D eigenvalue weighted by molar-refractivity contribution is 0.234. The van der Waals surface area contributed by atoms with Gasteiger partial charge in [0.05, 0.1) is 11.5 Å². The van der Waals surface area contributed by atoms with Gasteiger partial charge >= 0.3 is 0 Å². The molecule has 9 heteroatoms. The standard InChI is InChI=1S/C28H35NO6SSi/c1-22-10-7-8-11-27(22)36(30,31)33-21-24-20-26(35-29-24)17-14-23-12-15-25(16-13-23)32-18-9-19-34-37(5,6)28(2,3)4/h7-8,10-13,15-16,20H,9,18-19,21H2,1-6H3. The quantitative estimate of drug-likeness (QED) is 0.133. The summed E-state index contributed by atoms with van der Waals surface area (Å²) in [5, 5.41) is 4.05. The SMILES string of the molecule is Cc1ccccc1S(=O)(=O)OCc1cc(C#Cc2ccc(OCCCO[Si](C)(C)C(C)(C)C)cc2)on1. The van der Waals surface area contributed by atoms with Gasteiger partial charge in [0.2, 0.25) is 5.76 Å². The van der Waals surface area contributed by atoms with Gasteiger partial charge in [-0.3, -0.25) is 4.18 Å². The molecule has 37 heavy (non-hydrogen) atoms. The Morgan fingerprint density at radius 1 is 1.00 bits per heavy atom. The summed E-state index contributed by atoms with van der Waals surface area (Å²) >= 11 is 0. The van der Waals surface area contributed by atoms with E-state index in [0.717, 1.165) is 17.7 Å². The Morgan fingerprint density at radius 2 is 1.70 bits per heavy atom. The van der Waals surface area contributed by atoms with Gasteiger partial charge in [0.1, 0.15) is 18.1 Å². The zero-order valence-electron chi connectivity index (χ0n) is 22.3. The largest absolute Gasteiger partial charge is 0.494 e. The molecule has 1 aromatic heterocycles. The van der Waals surface area contributed by atoms with Crippen LogP contribution in [0.2, 0.25) is 18.1 Å². The monoisotopic (exact) mass is 541 g/mol. The zero-order valence-corrected chi connectivity index (χ0v) is 24.1. The lowest BCUT2D eigenvalue weighted by Crippen LogP contribution is -2.41. The third kappa shape index (κ3) is 8.30. The van der Waals surface area contributed by atoms with E-state index >= 15 is 0 Å². The Bertz CT molecular complexity index is 1350. The number of nitrogens with zero attached hydrogens (tertiary/aromatic N) is 1. The van der Waals surface area contributed by atoms with E-state index in [1.165, 1.54) is 6.07 Å². The summed E-state index contributed by atoms with van der Waals surface area (Å²) in [5.41, 5.74) is 1.73. The van der Waals surface area contributed by atoms with Crippen LogP contribution in [0.15, 0.2) is 64.0 Å². The first kappa shape index (κ1) is 28.7. The second-order valence-electron chi connectivity index (χ2n) is 10.2. The summed E-state index contributed by atoms with van der Waals surface area (Å²) in [6.45, 7) is 13.9. The molecular formula is C28H35NO6SSi. The molecule has 3 rings (SSSR count). The van der Waals surface area contributed by atoms with Crippen molar-refractivity contribution in [2.45, 2.75) is 63.8 Å². The second-order valence-corrected chi connectivity index (χ2v) is 16.6. The minimum absolute atomic E-state index is 0.130. The molecule has 3 aromatic rings. The summed E-state index contributed by atoms with van der Waals surface area (Å²) in [4.78, 5) is 0.130. The molecule has 0 amide bonds. The minimum atomic E-state index is -3.90. The predicted molar refractivity (Wildman–Crippen MR) is 145 cm³/mol. The highest BCUT2D eigenvalue weighted by molar-refractivity contribution is 7.86. The van der Waals surface area contributed by atoms with Crippen molar-refractivity contribution in [3.8, 4) is 17.6 Å². The van der Waals surface area contributed by atoms with E-state index in [1.54, 1.807) is 31.2 Å². The van der Waals surface area contributed by atoms with Crippen LogP contribution in [0.3, 0.4) is 0 Å². The molecule has 0 aliphatic rings. The van der Waals surface area contributed by atoms with Crippen molar-refractivity contribution in [3.63, 3.8) is 0 Å². The minimum Gasteiger partial charge on any atom is -0.494 e. The lowest BCUT2D eigenvalue weighted by atomic mass is 10.2. The number of hydrogen-bond acceptors (Lipinski definition) is 7. The Labute approximate surface area is 221 Å². The number of aromatic nitrogens is 1. The van der Waals surface area contributed by atoms with Crippen molar-refractivity contribution >= 4 is 18.4 Å². The van der Waals surface area contributed by atoms with Crippen molar-refractivity contribution in [1.82, 2.24) is 5.16 Å². The van der Waals surface area contributed by atoms with Crippen molar-refractivity contribution in [3.05, 3.63) is 77.2 Å². The van der Waals surface area contributed by atoms with Gasteiger partial charge in [0.25, 0.3) is 10.1 Å². The van der Waals surface area contributed by atoms with Crippen LogP contribution in [0.5, 0.6) is 5.75 Å². The molecule has 0 radical (unpaired) electrons. The van der Waals surface area contributed by atoms with E-state index in [9.17, 15) is 8.42 Å². The van der Waals surface area contributed by atoms with Crippen LogP contribution < -0.4 is 4.74 Å². The van der Waals surface area contributed by atoms with Crippen LogP contribution in [0, 0.1) is 18.8 Å². The molecule has 198 valence electrons. The van der Waals surface area contributed by atoms with Crippen LogP contribution in [-0.4, -0.2) is 35.1 Å². The fraction of sp³-hybridized carbons (Fsp3) is 0.393. The normalized spacial score (nSPS) is 12.2. The molecule has 0 N–H and O–H groups in total. The summed E-state index contributed by atoms with van der Waals surface area (Å²) in [6, 6.07) is 15.7. The molecule has 0 unspecified atom stereocenters. The highest BCUT2D eigenvalue weighted by Crippen LogP contribution is 2.36. The van der Waals surface area contributed by atoms with Gasteiger partial charge in [0, 0.05) is 24.7 Å². The van der Waals surface area contributed by atoms with Gasteiger partial charge < -0.3 is 13.7 Å². The Hall–Kier alpha value is -2.90. The van der Waals surface area contributed by atoms with Crippen molar-refractivity contribution in [2.24, 2.45) is 0 Å². The molecular weight excluding hydrogens is 506 g/mol. The molecule has 0 aliphatic heterocycles. The fourth-order valence-electron chi connectivity index (χ4n) is 3.04. The number of hydrogen-bond donors (Lipinski definition) is 0. The summed E-state index contributed by atoms with van der Waals surface area (Å²) in [7, 11) is -5.62. The average Bonchev–Trinajstić information content (AvgIpc) is 3.29. The van der Waals surface area contributed by atoms with Gasteiger partial charge in [-0.15, -0.1) is 0 Å². The first-order chi connectivity index (χ1) is 17.4. The summed E-state index contributed by atoms with van der Waals surface area (Å²) in [6.07, 6.45) is 0.831. The van der Waals surface area contributed by atoms with Gasteiger partial charge in [-0.05, 0) is 66.9 Å². The molecule has 0 atom stereocenters. The Balaban J connectivity index is 1.47. The first-order valence-corrected chi connectivity index (χ1v) is 16.5. The van der Waals surface area contributed by atoms with Gasteiger partial charge in [-0.2, -0.15) is 8.42 Å². The molecule has 0 fully saturated rings. The van der Waals surface area contributed by atoms with Gasteiger partial charge in [-0.1, -0.05) is 50.0 Å². The first-order valence-electron chi connectivity index (χ1n) is 12.2. The van der Waals surface area contributed by atoms with Crippen LogP contribution >= 0.6 is 0 Å². The molecule has 7 nitrogen and oxygen atoms in total. The number of ether oxygens (including phenoxy) is 1. The molecule has 0 aliphatic carbocycles. The third-order valence-electron chi connectivity index (χ3n) is 6.29. The highest BCUT2D eigenvalue weighted by atomic mass is 32.2. The maximum absolute atomic E-state index is 12.4. The molecule has 0 saturated heterocycles. The van der Waals surface area contributed by atoms with Crippen molar-refractivity contribution < 1.29 is 26.3 Å². The topological polar surface area (TPSA) is 87.9 Å². The van der Waals surface area contributed by atoms with Crippen LogP contribution in [0.1, 0.15) is 49.8 Å². The van der Waals surface area contributed by atoms with Crippen LogP contribution in [0.25, 0.3) is 0 Å². The summed E-state index contributed by atoms with van der Waals surface area (Å²) < 4.78 is 47.2. The lowest BCUT2D eigenvalue weighted by Gasteiger charge is -2.36. The third-order valence-corrected chi connectivity index (χ3v) is 12.3. The molecule has 0 bridgehead atoms. The van der Waals surface area contributed by atoms with E-state index in [-0.39, 0.29) is 16.5 Å². The van der Waals surface area contributed by atoms with Crippen LogP contribution in [-0.2, 0) is 25.3 Å². The highest BCUT2D eigenvalue weighted by Gasteiger charge is 2.36. The van der Waals surface area contributed by atoms with Gasteiger partial charge in [0.15, 0.2) is 8.32 Å². The number of rotatable bonds is 10. The predicted octanol–water partition coefficient (Wildman–Crippen LogP) is 6.08. The van der Waals surface area contributed by atoms with E-state index in [1.807, 2.05) is 24.3 Å². The summed E-state index contributed by atoms with van der Waals surface area (Å²) in [5.74, 6) is 6.97. The van der Waals surface area contributed by atoms with E-state index in [4.69, 9.17) is 17.9 Å². The van der Waals surface area contributed by atoms with Crippen molar-refractivity contribution in [1.29, 1.82) is 0 Å². The molecule has 1 heterocycles. The number of aryl methyl sites for hydroxylation is 1. The second kappa shape index (κ2) is 12.1. The van der Waals surface area contributed by atoms with Gasteiger partial charge in [-0.25, -0.2) is 0 Å². The average molecular weight is 542 g/mol. The van der Waals surface area contributed by atoms with E-state index < -0.39 is 18.4 Å². The van der Waals surface area contributed by atoms with Crippen LogP contribution in [0.4, 0.5) is 0 Å². The fourth-order valence-corrected chi connectivity index (χ4v) is 5.24. The zero-order chi connectivity index (χ0) is 27.1. The van der Waals surface area contributed by atoms with E-state index in [0.29, 0.717) is 30.2 Å². The van der Waals surface area contributed by atoms with Crippen molar-refractivity contribution in [2.75, 3.05) is 13.2 Å². The molecule has 0 spiro atoms. The molecule has 0 saturated carbocycles. The Morgan fingerprint density at radius 3 is 2.38 bits per heavy atom. The maximum Gasteiger partial charge on any atom is 0.297 e. The van der Waals surface area contributed by atoms with E-state index in [2.05, 4.69) is 50.9 Å².